The fourth-order valence-corrected chi connectivity index (χ4v) is 3.72. The van der Waals surface area contributed by atoms with Crippen molar-refractivity contribution < 1.29 is 9.32 Å². The summed E-state index contributed by atoms with van der Waals surface area (Å²) in [5.74, 6) is -0.0673. The zero-order chi connectivity index (χ0) is 18.8. The third-order valence-corrected chi connectivity index (χ3v) is 5.30. The van der Waals surface area contributed by atoms with Crippen LogP contribution in [-0.4, -0.2) is 47.5 Å². The molecule has 27 heavy (non-hydrogen) atoms. The van der Waals surface area contributed by atoms with Crippen LogP contribution in [0.15, 0.2) is 65.4 Å². The van der Waals surface area contributed by atoms with Crippen LogP contribution in [0.25, 0.3) is 11.3 Å². The SMILES string of the molecule is CN(C[C@H]1Cc2ccccc2CN1C)C(=O)c1conc1-c1ccccc1. The Labute approximate surface area is 159 Å². The molecule has 0 saturated heterocycles. The Morgan fingerprint density at radius 2 is 1.85 bits per heavy atom. The average molecular weight is 361 g/mol. The maximum Gasteiger partial charge on any atom is 0.259 e. The topological polar surface area (TPSA) is 49.6 Å². The van der Waals surface area contributed by atoms with Crippen LogP contribution in [0.4, 0.5) is 0 Å². The van der Waals surface area contributed by atoms with Crippen LogP contribution in [0, 0.1) is 0 Å². The first-order valence-electron chi connectivity index (χ1n) is 9.16. The zero-order valence-electron chi connectivity index (χ0n) is 15.6. The number of amides is 1. The van der Waals surface area contributed by atoms with Gasteiger partial charge in [-0.3, -0.25) is 9.69 Å². The molecule has 2 aromatic carbocycles. The largest absolute Gasteiger partial charge is 0.363 e. The van der Waals surface area contributed by atoms with Gasteiger partial charge in [-0.25, -0.2) is 0 Å². The Bertz CT molecular complexity index is 935. The molecule has 1 amide bonds. The van der Waals surface area contributed by atoms with E-state index in [-0.39, 0.29) is 11.9 Å². The first-order chi connectivity index (χ1) is 13.1. The van der Waals surface area contributed by atoms with Crippen molar-refractivity contribution in [1.82, 2.24) is 15.0 Å². The molecule has 3 aromatic rings. The standard InChI is InChI=1S/C22H23N3O2/c1-24-13-18-11-7-6-10-17(18)12-19(24)14-25(2)22(26)20-15-27-23-21(20)16-8-4-3-5-9-16/h3-11,15,19H,12-14H2,1-2H3/t19-/m1/s1. The van der Waals surface area contributed by atoms with Gasteiger partial charge in [0, 0.05) is 31.7 Å². The molecule has 0 spiro atoms. The van der Waals surface area contributed by atoms with Gasteiger partial charge in [0.2, 0.25) is 0 Å². The summed E-state index contributed by atoms with van der Waals surface area (Å²) in [4.78, 5) is 17.1. The minimum absolute atomic E-state index is 0.0673. The molecule has 0 N–H and O–H groups in total. The quantitative estimate of drug-likeness (QED) is 0.714. The molecule has 1 atom stereocenters. The van der Waals surface area contributed by atoms with Crippen LogP contribution in [0.5, 0.6) is 0 Å². The van der Waals surface area contributed by atoms with E-state index in [1.807, 2.05) is 37.4 Å². The molecule has 0 bridgehead atoms. The predicted molar refractivity (Wildman–Crippen MR) is 104 cm³/mol. The van der Waals surface area contributed by atoms with Crippen molar-refractivity contribution in [1.29, 1.82) is 0 Å². The molecule has 1 aliphatic rings. The zero-order valence-corrected chi connectivity index (χ0v) is 15.6. The smallest absolute Gasteiger partial charge is 0.259 e. The summed E-state index contributed by atoms with van der Waals surface area (Å²) >= 11 is 0. The highest BCUT2D eigenvalue weighted by Crippen LogP contribution is 2.25. The van der Waals surface area contributed by atoms with Crippen molar-refractivity contribution >= 4 is 5.91 Å². The minimum atomic E-state index is -0.0673. The number of benzene rings is 2. The van der Waals surface area contributed by atoms with Gasteiger partial charge in [-0.2, -0.15) is 0 Å². The molecule has 5 nitrogen and oxygen atoms in total. The molecule has 0 aliphatic carbocycles. The van der Waals surface area contributed by atoms with Crippen molar-refractivity contribution in [2.45, 2.75) is 19.0 Å². The molecule has 0 saturated carbocycles. The second-order valence-corrected chi connectivity index (χ2v) is 7.17. The number of rotatable bonds is 4. The Morgan fingerprint density at radius 3 is 2.63 bits per heavy atom. The van der Waals surface area contributed by atoms with Gasteiger partial charge < -0.3 is 9.42 Å². The minimum Gasteiger partial charge on any atom is -0.363 e. The van der Waals surface area contributed by atoms with Crippen molar-refractivity contribution in [3.05, 3.63) is 77.6 Å². The van der Waals surface area contributed by atoms with E-state index >= 15 is 0 Å². The van der Waals surface area contributed by atoms with Crippen LogP contribution in [0.1, 0.15) is 21.5 Å². The van der Waals surface area contributed by atoms with Crippen LogP contribution in [0.2, 0.25) is 0 Å². The molecule has 5 heteroatoms. The molecule has 1 aliphatic heterocycles. The lowest BCUT2D eigenvalue weighted by molar-refractivity contribution is 0.0733. The van der Waals surface area contributed by atoms with Crippen LogP contribution in [0.3, 0.4) is 0 Å². The summed E-state index contributed by atoms with van der Waals surface area (Å²) in [5.41, 5.74) is 4.72. The van der Waals surface area contributed by atoms with E-state index in [1.165, 1.54) is 17.4 Å². The monoisotopic (exact) mass is 361 g/mol. The molecule has 0 unspecified atom stereocenters. The van der Waals surface area contributed by atoms with E-state index in [1.54, 1.807) is 4.90 Å². The van der Waals surface area contributed by atoms with E-state index in [0.717, 1.165) is 18.5 Å². The lowest BCUT2D eigenvalue weighted by atomic mass is 9.94. The number of carbonyl (C=O) groups is 1. The second-order valence-electron chi connectivity index (χ2n) is 7.17. The second kappa shape index (κ2) is 7.37. The summed E-state index contributed by atoms with van der Waals surface area (Å²) < 4.78 is 5.12. The van der Waals surface area contributed by atoms with Crippen molar-refractivity contribution in [3.63, 3.8) is 0 Å². The van der Waals surface area contributed by atoms with Gasteiger partial charge >= 0.3 is 0 Å². The summed E-state index contributed by atoms with van der Waals surface area (Å²) in [5, 5.41) is 4.05. The first kappa shape index (κ1) is 17.5. The summed E-state index contributed by atoms with van der Waals surface area (Å²) in [7, 11) is 3.96. The molecular formula is C22H23N3O2. The summed E-state index contributed by atoms with van der Waals surface area (Å²) in [6, 6.07) is 18.5. The lowest BCUT2D eigenvalue weighted by Gasteiger charge is -2.36. The van der Waals surface area contributed by atoms with Crippen LogP contribution < -0.4 is 0 Å². The van der Waals surface area contributed by atoms with Gasteiger partial charge in [-0.15, -0.1) is 0 Å². The normalized spacial score (nSPS) is 16.7. The number of fused-ring (bicyclic) bond motifs is 1. The number of hydrogen-bond acceptors (Lipinski definition) is 4. The number of nitrogens with zero attached hydrogens (tertiary/aromatic N) is 3. The predicted octanol–water partition coefficient (Wildman–Crippen LogP) is 3.47. The van der Waals surface area contributed by atoms with E-state index in [2.05, 4.69) is 41.4 Å². The summed E-state index contributed by atoms with van der Waals surface area (Å²) in [6.07, 6.45) is 2.39. The number of hydrogen-bond donors (Lipinski definition) is 0. The highest BCUT2D eigenvalue weighted by Gasteiger charge is 2.27. The van der Waals surface area contributed by atoms with Crippen LogP contribution >= 0.6 is 0 Å². The third kappa shape index (κ3) is 3.51. The van der Waals surface area contributed by atoms with Gasteiger partial charge in [-0.05, 0) is 24.6 Å². The molecule has 0 fully saturated rings. The van der Waals surface area contributed by atoms with E-state index in [9.17, 15) is 4.79 Å². The maximum atomic E-state index is 13.0. The van der Waals surface area contributed by atoms with E-state index in [0.29, 0.717) is 17.8 Å². The highest BCUT2D eigenvalue weighted by molar-refractivity contribution is 5.99. The van der Waals surface area contributed by atoms with Gasteiger partial charge in [0.1, 0.15) is 17.5 Å². The first-order valence-corrected chi connectivity index (χ1v) is 9.16. The van der Waals surface area contributed by atoms with Crippen molar-refractivity contribution in [2.75, 3.05) is 20.6 Å². The Balaban J connectivity index is 1.50. The van der Waals surface area contributed by atoms with Crippen molar-refractivity contribution in [2.24, 2.45) is 0 Å². The molecule has 0 radical (unpaired) electrons. The Hall–Kier alpha value is -2.92. The van der Waals surface area contributed by atoms with Gasteiger partial charge in [0.25, 0.3) is 5.91 Å². The Morgan fingerprint density at radius 1 is 1.15 bits per heavy atom. The Kier molecular flexibility index (Phi) is 4.77. The van der Waals surface area contributed by atoms with E-state index in [4.69, 9.17) is 4.52 Å². The maximum absolute atomic E-state index is 13.0. The fourth-order valence-electron chi connectivity index (χ4n) is 3.72. The third-order valence-electron chi connectivity index (χ3n) is 5.30. The summed E-state index contributed by atoms with van der Waals surface area (Å²) in [6.45, 7) is 1.56. The fraction of sp³-hybridized carbons (Fsp3) is 0.273. The molecule has 4 rings (SSSR count). The molecule has 1 aromatic heterocycles. The van der Waals surface area contributed by atoms with Crippen molar-refractivity contribution in [3.8, 4) is 11.3 Å². The average Bonchev–Trinajstić information content (AvgIpc) is 3.18. The van der Waals surface area contributed by atoms with Gasteiger partial charge in [0.05, 0.1) is 0 Å². The number of carbonyl (C=O) groups excluding carboxylic acids is 1. The van der Waals surface area contributed by atoms with E-state index < -0.39 is 0 Å². The van der Waals surface area contributed by atoms with Gasteiger partial charge in [-0.1, -0.05) is 59.8 Å². The molecule has 138 valence electrons. The number of aromatic nitrogens is 1. The lowest BCUT2D eigenvalue weighted by Crippen LogP contribution is -2.46. The molecule has 2 heterocycles. The van der Waals surface area contributed by atoms with Gasteiger partial charge in [0.15, 0.2) is 0 Å². The number of likely N-dealkylation sites (N-methyl/N-ethyl adjacent to an activating group) is 2. The molecular weight excluding hydrogens is 338 g/mol. The highest BCUT2D eigenvalue weighted by atomic mass is 16.5. The van der Waals surface area contributed by atoms with Crippen LogP contribution in [-0.2, 0) is 13.0 Å².